The largest absolute Gasteiger partial charge is 0.497 e. The third-order valence-corrected chi connectivity index (χ3v) is 8.89. The van der Waals surface area contributed by atoms with E-state index in [9.17, 15) is 9.00 Å². The molecule has 41 heavy (non-hydrogen) atoms. The monoisotopic (exact) mass is 592 g/mol. The lowest BCUT2D eigenvalue weighted by molar-refractivity contribution is 0.0905. The van der Waals surface area contributed by atoms with Crippen LogP contribution in [-0.4, -0.2) is 63.6 Å². The molecule has 9 nitrogen and oxygen atoms in total. The summed E-state index contributed by atoms with van der Waals surface area (Å²) in [5.41, 5.74) is 2.20. The number of ether oxygens (including phenoxy) is 1. The minimum absolute atomic E-state index is 0.0760. The average Bonchev–Trinajstić information content (AvgIpc) is 2.98. The van der Waals surface area contributed by atoms with Gasteiger partial charge in [0.15, 0.2) is 11.6 Å². The number of carbonyl (C=O) groups excluding carboxylic acids is 1. The van der Waals surface area contributed by atoms with Gasteiger partial charge in [0.25, 0.3) is 5.91 Å². The molecule has 0 aliphatic carbocycles. The van der Waals surface area contributed by atoms with Crippen LogP contribution in [0.1, 0.15) is 30.1 Å². The van der Waals surface area contributed by atoms with Gasteiger partial charge >= 0.3 is 0 Å². The van der Waals surface area contributed by atoms with Crippen molar-refractivity contribution in [1.82, 2.24) is 20.2 Å². The van der Waals surface area contributed by atoms with Crippen LogP contribution < -0.4 is 20.1 Å². The number of nitrogens with one attached hydrogen (secondary N) is 3. The molecule has 214 valence electrons. The zero-order valence-electron chi connectivity index (χ0n) is 23.0. The zero-order valence-corrected chi connectivity index (χ0v) is 24.6. The number of nitrogens with zero attached hydrogens (tertiary/aromatic N) is 3. The Morgan fingerprint density at radius 3 is 2.59 bits per heavy atom. The summed E-state index contributed by atoms with van der Waals surface area (Å²) in [6.45, 7) is 4.95. The summed E-state index contributed by atoms with van der Waals surface area (Å²) in [7, 11) is -1.59. The maximum atomic E-state index is 14.0. The standard InChI is InChI=1S/C30H33ClN6O3S/c1-4-37-16-8-10-21(19-37)32-30(38)20-9-7-11-23(17-20)41(3,39)36-29-28(33-25-12-5-6-13-26(25)34-29)35-27-18-22(40-2)14-15-24(27)31/h5-7,9,11-15,17-18,21H,3-4,8,10,16,19H2,1-2H3,(H,32,38)(H,33,35)(H,34,36,39). The minimum Gasteiger partial charge on any atom is -0.497 e. The van der Waals surface area contributed by atoms with Crippen LogP contribution in [0.25, 0.3) is 11.0 Å². The number of hydrogen-bond donors (Lipinski definition) is 3. The van der Waals surface area contributed by atoms with Crippen molar-refractivity contribution in [2.24, 2.45) is 0 Å². The van der Waals surface area contributed by atoms with Gasteiger partial charge in [-0.25, -0.2) is 14.2 Å². The number of fused-ring (bicyclic) bond motifs is 1. The molecule has 1 saturated heterocycles. The second-order valence-electron chi connectivity index (χ2n) is 9.89. The van der Waals surface area contributed by atoms with Gasteiger partial charge in [0.1, 0.15) is 5.75 Å². The Hall–Kier alpha value is -3.86. The number of para-hydroxylation sites is 2. The molecular weight excluding hydrogens is 560 g/mol. The van der Waals surface area contributed by atoms with Crippen LogP contribution in [0.2, 0.25) is 5.02 Å². The molecule has 0 bridgehead atoms. The molecule has 2 atom stereocenters. The molecule has 1 aliphatic heterocycles. The summed E-state index contributed by atoms with van der Waals surface area (Å²) in [5.74, 6) is 4.91. The van der Waals surface area contributed by atoms with E-state index >= 15 is 0 Å². The van der Waals surface area contributed by atoms with E-state index in [-0.39, 0.29) is 17.8 Å². The molecule has 1 aliphatic rings. The van der Waals surface area contributed by atoms with Crippen molar-refractivity contribution in [3.8, 4) is 5.75 Å². The fourth-order valence-electron chi connectivity index (χ4n) is 4.80. The molecule has 1 fully saturated rings. The Morgan fingerprint density at radius 2 is 1.85 bits per heavy atom. The van der Waals surface area contributed by atoms with E-state index in [1.807, 2.05) is 24.3 Å². The maximum absolute atomic E-state index is 14.0. The number of rotatable bonds is 9. The van der Waals surface area contributed by atoms with Gasteiger partial charge in [-0.3, -0.25) is 9.52 Å². The van der Waals surface area contributed by atoms with Crippen LogP contribution in [-0.2, 0) is 9.71 Å². The first-order chi connectivity index (χ1) is 19.8. The number of amides is 1. The highest BCUT2D eigenvalue weighted by molar-refractivity contribution is 8.01. The average molecular weight is 593 g/mol. The summed E-state index contributed by atoms with van der Waals surface area (Å²) >= 11 is 6.44. The van der Waals surface area contributed by atoms with E-state index in [0.29, 0.717) is 43.8 Å². The molecule has 2 heterocycles. The van der Waals surface area contributed by atoms with Gasteiger partial charge in [-0.1, -0.05) is 36.7 Å². The Morgan fingerprint density at radius 1 is 1.10 bits per heavy atom. The predicted molar refractivity (Wildman–Crippen MR) is 167 cm³/mol. The van der Waals surface area contributed by atoms with Gasteiger partial charge in [-0.05, 0) is 74.3 Å². The molecule has 2 unspecified atom stereocenters. The number of likely N-dealkylation sites (N-methyl/N-ethyl adjacent to an activating group) is 1. The highest BCUT2D eigenvalue weighted by Crippen LogP contribution is 2.32. The van der Waals surface area contributed by atoms with Crippen LogP contribution in [0.4, 0.5) is 17.3 Å². The van der Waals surface area contributed by atoms with Crippen LogP contribution in [0.15, 0.2) is 71.6 Å². The quantitative estimate of drug-likeness (QED) is 0.225. The van der Waals surface area contributed by atoms with Gasteiger partial charge in [-0.15, -0.1) is 0 Å². The Labute approximate surface area is 245 Å². The predicted octanol–water partition coefficient (Wildman–Crippen LogP) is 5.35. The number of methoxy groups -OCH3 is 1. The van der Waals surface area contributed by atoms with Crippen LogP contribution in [0.5, 0.6) is 5.75 Å². The normalized spacial score (nSPS) is 17.0. The number of halogens is 1. The topological polar surface area (TPSA) is 108 Å². The first-order valence-corrected chi connectivity index (χ1v) is 15.5. The number of anilines is 3. The zero-order chi connectivity index (χ0) is 29.0. The number of hydrogen-bond acceptors (Lipinski definition) is 7. The summed E-state index contributed by atoms with van der Waals surface area (Å²) < 4.78 is 22.3. The van der Waals surface area contributed by atoms with Gasteiger partial charge < -0.3 is 20.3 Å². The van der Waals surface area contributed by atoms with Crippen molar-refractivity contribution in [2.45, 2.75) is 30.7 Å². The van der Waals surface area contributed by atoms with Gasteiger partial charge in [-0.2, -0.15) is 0 Å². The molecule has 11 heteroatoms. The number of likely N-dealkylation sites (tertiary alicyclic amines) is 1. The summed E-state index contributed by atoms with van der Waals surface area (Å²) in [5, 5.41) is 6.77. The first-order valence-electron chi connectivity index (χ1n) is 13.4. The third-order valence-electron chi connectivity index (χ3n) is 7.02. The molecule has 1 amide bonds. The first kappa shape index (κ1) is 28.7. The number of carbonyl (C=O) groups is 1. The second-order valence-corrected chi connectivity index (χ2v) is 12.3. The number of aromatic nitrogens is 2. The fourth-order valence-corrected chi connectivity index (χ4v) is 6.15. The van der Waals surface area contributed by atoms with E-state index in [0.717, 1.165) is 32.5 Å². The molecule has 1 aromatic heterocycles. The molecular formula is C30H33ClN6O3S. The van der Waals surface area contributed by atoms with Crippen LogP contribution in [0.3, 0.4) is 0 Å². The highest BCUT2D eigenvalue weighted by Gasteiger charge is 2.22. The van der Waals surface area contributed by atoms with Gasteiger partial charge in [0.2, 0.25) is 0 Å². The SMILES string of the molecule is C=S(=O)(Nc1nc2ccccc2nc1Nc1cc(OC)ccc1Cl)c1cccc(C(=O)NC2CCCN(CC)C2)c1. The highest BCUT2D eigenvalue weighted by atomic mass is 35.5. The van der Waals surface area contributed by atoms with Gasteiger partial charge in [0, 0.05) is 24.2 Å². The van der Waals surface area contributed by atoms with E-state index in [2.05, 4.69) is 33.0 Å². The lowest BCUT2D eigenvalue weighted by atomic mass is 10.1. The van der Waals surface area contributed by atoms with Crippen LogP contribution >= 0.6 is 11.6 Å². The molecule has 3 N–H and O–H groups in total. The molecule has 4 aromatic rings. The van der Waals surface area contributed by atoms with E-state index in [1.54, 1.807) is 49.6 Å². The summed E-state index contributed by atoms with van der Waals surface area (Å²) in [6.07, 6.45) is 1.98. The van der Waals surface area contributed by atoms with Crippen LogP contribution in [0, 0.1) is 0 Å². The third kappa shape index (κ3) is 6.73. The van der Waals surface area contributed by atoms with E-state index in [4.69, 9.17) is 26.3 Å². The lowest BCUT2D eigenvalue weighted by Crippen LogP contribution is -2.47. The maximum Gasteiger partial charge on any atom is 0.251 e. The van der Waals surface area contributed by atoms with Crippen molar-refractivity contribution >= 4 is 61.4 Å². The molecule has 5 rings (SSSR count). The minimum atomic E-state index is -3.16. The Balaban J connectivity index is 1.43. The van der Waals surface area contributed by atoms with Crippen molar-refractivity contribution in [3.05, 3.63) is 77.3 Å². The Kier molecular flexibility index (Phi) is 8.63. The molecule has 0 saturated carbocycles. The fraction of sp³-hybridized carbons (Fsp3) is 0.267. The smallest absolute Gasteiger partial charge is 0.251 e. The van der Waals surface area contributed by atoms with Crippen molar-refractivity contribution in [2.75, 3.05) is 36.8 Å². The van der Waals surface area contributed by atoms with Crippen molar-refractivity contribution < 1.29 is 13.7 Å². The molecule has 0 radical (unpaired) electrons. The Bertz CT molecular complexity index is 1680. The van der Waals surface area contributed by atoms with Crippen molar-refractivity contribution in [3.63, 3.8) is 0 Å². The summed E-state index contributed by atoms with van der Waals surface area (Å²) in [4.78, 5) is 25.2. The second kappa shape index (κ2) is 12.3. The molecule has 0 spiro atoms. The van der Waals surface area contributed by atoms with Gasteiger partial charge in [0.05, 0.1) is 43.5 Å². The lowest BCUT2D eigenvalue weighted by Gasteiger charge is -2.32. The molecule has 3 aromatic carbocycles. The number of piperidine rings is 1. The van der Waals surface area contributed by atoms with E-state index in [1.165, 1.54) is 0 Å². The van der Waals surface area contributed by atoms with E-state index < -0.39 is 9.71 Å². The number of benzene rings is 3. The summed E-state index contributed by atoms with van der Waals surface area (Å²) in [6, 6.07) is 19.3. The van der Waals surface area contributed by atoms with Crippen molar-refractivity contribution in [1.29, 1.82) is 0 Å².